The molecule has 1 atom stereocenters. The zero-order chi connectivity index (χ0) is 24.8. The molecule has 0 heterocycles. The minimum Gasteiger partial charge on any atom is -0.357 e. The van der Waals surface area contributed by atoms with Crippen molar-refractivity contribution in [3.05, 3.63) is 63.6 Å². The highest BCUT2D eigenvalue weighted by Crippen LogP contribution is 2.28. The van der Waals surface area contributed by atoms with Gasteiger partial charge in [0.1, 0.15) is 6.04 Å². The van der Waals surface area contributed by atoms with Gasteiger partial charge in [-0.3, -0.25) is 13.9 Å². The second-order valence-electron chi connectivity index (χ2n) is 7.76. The molecule has 7 nitrogen and oxygen atoms in total. The summed E-state index contributed by atoms with van der Waals surface area (Å²) in [7, 11) is -2.07. The number of nitrogens with one attached hydrogen (secondary N) is 1. The summed E-state index contributed by atoms with van der Waals surface area (Å²) in [5, 5.41) is 3.61. The largest absolute Gasteiger partial charge is 0.357 e. The molecule has 0 radical (unpaired) electrons. The van der Waals surface area contributed by atoms with E-state index in [2.05, 4.69) is 5.32 Å². The molecular weight excluding hydrogens is 485 g/mol. The second kappa shape index (κ2) is 11.7. The Morgan fingerprint density at radius 2 is 1.73 bits per heavy atom. The molecule has 180 valence electrons. The van der Waals surface area contributed by atoms with Crippen LogP contribution in [0.15, 0.2) is 42.5 Å². The van der Waals surface area contributed by atoms with Crippen molar-refractivity contribution >= 4 is 50.7 Å². The minimum atomic E-state index is -3.59. The smallest absolute Gasteiger partial charge is 0.242 e. The highest BCUT2D eigenvalue weighted by atomic mass is 35.5. The maximum Gasteiger partial charge on any atom is 0.242 e. The van der Waals surface area contributed by atoms with Crippen molar-refractivity contribution < 1.29 is 18.0 Å². The van der Waals surface area contributed by atoms with Crippen LogP contribution < -0.4 is 9.62 Å². The Kier molecular flexibility index (Phi) is 9.57. The van der Waals surface area contributed by atoms with Gasteiger partial charge in [0.15, 0.2) is 0 Å². The number of amides is 2. The van der Waals surface area contributed by atoms with Crippen molar-refractivity contribution in [2.45, 2.75) is 39.3 Å². The van der Waals surface area contributed by atoms with Gasteiger partial charge in [-0.2, -0.15) is 0 Å². The molecule has 0 aromatic heterocycles. The van der Waals surface area contributed by atoms with Gasteiger partial charge < -0.3 is 10.2 Å². The molecule has 10 heteroatoms. The Morgan fingerprint density at radius 3 is 2.30 bits per heavy atom. The molecule has 0 spiro atoms. The lowest BCUT2D eigenvalue weighted by atomic mass is 10.1. The van der Waals surface area contributed by atoms with E-state index in [0.717, 1.165) is 11.8 Å². The van der Waals surface area contributed by atoms with Gasteiger partial charge >= 0.3 is 0 Å². The predicted molar refractivity (Wildman–Crippen MR) is 133 cm³/mol. The van der Waals surface area contributed by atoms with E-state index in [9.17, 15) is 18.0 Å². The Bertz CT molecular complexity index is 1090. The topological polar surface area (TPSA) is 86.8 Å². The average molecular weight is 514 g/mol. The lowest BCUT2D eigenvalue weighted by molar-refractivity contribution is -0.140. The monoisotopic (exact) mass is 513 g/mol. The van der Waals surface area contributed by atoms with Crippen LogP contribution in [-0.4, -0.2) is 51.0 Å². The van der Waals surface area contributed by atoms with E-state index in [1.807, 2.05) is 0 Å². The first-order chi connectivity index (χ1) is 15.5. The molecule has 0 saturated carbocycles. The number of likely N-dealkylation sites (N-methyl/N-ethyl adjacent to an activating group) is 1. The summed E-state index contributed by atoms with van der Waals surface area (Å²) in [6, 6.07) is 11.4. The fourth-order valence-electron chi connectivity index (χ4n) is 3.43. The van der Waals surface area contributed by atoms with Crippen LogP contribution in [-0.2, 0) is 26.2 Å². The van der Waals surface area contributed by atoms with Gasteiger partial charge in [-0.15, -0.1) is 0 Å². The first kappa shape index (κ1) is 27.0. The SMILES string of the molecule is CNC(=O)[C@H](C)N(Cc1ccc(Cl)cc1)C(=O)CCCN(c1cccc(Cl)c1C)S(C)(=O)=O. The van der Waals surface area contributed by atoms with Gasteiger partial charge in [0, 0.05) is 36.6 Å². The fraction of sp³-hybridized carbons (Fsp3) is 0.391. The van der Waals surface area contributed by atoms with Crippen LogP contribution in [0.3, 0.4) is 0 Å². The molecule has 0 bridgehead atoms. The van der Waals surface area contributed by atoms with Crippen molar-refractivity contribution in [3.8, 4) is 0 Å². The zero-order valence-electron chi connectivity index (χ0n) is 19.1. The van der Waals surface area contributed by atoms with Crippen molar-refractivity contribution in [2.75, 3.05) is 24.2 Å². The molecule has 0 aliphatic rings. The number of carbonyl (C=O) groups is 2. The molecule has 0 aliphatic heterocycles. The number of halogens is 2. The molecule has 2 aromatic carbocycles. The summed E-state index contributed by atoms with van der Waals surface area (Å²) in [5.41, 5.74) is 1.96. The maximum absolute atomic E-state index is 13.1. The third-order valence-corrected chi connectivity index (χ3v) is 7.18. The number of carbonyl (C=O) groups excluding carboxylic acids is 2. The van der Waals surface area contributed by atoms with Gasteiger partial charge in [0.05, 0.1) is 11.9 Å². The number of hydrogen-bond donors (Lipinski definition) is 1. The summed E-state index contributed by atoms with van der Waals surface area (Å²) in [5.74, 6) is -0.540. The Balaban J connectivity index is 2.17. The second-order valence-corrected chi connectivity index (χ2v) is 10.5. The maximum atomic E-state index is 13.1. The van der Waals surface area contributed by atoms with Crippen LogP contribution in [0.25, 0.3) is 0 Å². The Morgan fingerprint density at radius 1 is 1.09 bits per heavy atom. The Hall–Kier alpha value is -2.29. The van der Waals surface area contributed by atoms with E-state index >= 15 is 0 Å². The first-order valence-electron chi connectivity index (χ1n) is 10.4. The first-order valence-corrected chi connectivity index (χ1v) is 13.0. The van der Waals surface area contributed by atoms with Crippen molar-refractivity contribution in [3.63, 3.8) is 0 Å². The van der Waals surface area contributed by atoms with Gasteiger partial charge in [0.25, 0.3) is 0 Å². The third-order valence-electron chi connectivity index (χ3n) is 5.34. The zero-order valence-corrected chi connectivity index (χ0v) is 21.5. The molecule has 1 N–H and O–H groups in total. The average Bonchev–Trinajstić information content (AvgIpc) is 2.76. The number of nitrogens with zero attached hydrogens (tertiary/aromatic N) is 2. The molecule has 2 rings (SSSR count). The van der Waals surface area contributed by atoms with Crippen molar-refractivity contribution in [1.29, 1.82) is 0 Å². The summed E-state index contributed by atoms with van der Waals surface area (Å²) in [6.45, 7) is 3.74. The van der Waals surface area contributed by atoms with Crippen LogP contribution in [0.5, 0.6) is 0 Å². The quantitative estimate of drug-likeness (QED) is 0.519. The van der Waals surface area contributed by atoms with Gasteiger partial charge in [0.2, 0.25) is 21.8 Å². The normalized spacial score (nSPS) is 12.2. The van der Waals surface area contributed by atoms with E-state index in [1.165, 1.54) is 16.3 Å². The molecule has 2 aromatic rings. The van der Waals surface area contributed by atoms with E-state index < -0.39 is 16.1 Å². The highest BCUT2D eigenvalue weighted by molar-refractivity contribution is 7.92. The van der Waals surface area contributed by atoms with Crippen molar-refractivity contribution in [1.82, 2.24) is 10.2 Å². The van der Waals surface area contributed by atoms with E-state index in [-0.39, 0.29) is 37.7 Å². The summed E-state index contributed by atoms with van der Waals surface area (Å²) in [4.78, 5) is 26.8. The summed E-state index contributed by atoms with van der Waals surface area (Å²) < 4.78 is 26.1. The van der Waals surface area contributed by atoms with Crippen LogP contribution in [0, 0.1) is 6.92 Å². The van der Waals surface area contributed by atoms with E-state index in [1.54, 1.807) is 56.3 Å². The van der Waals surface area contributed by atoms with Crippen LogP contribution >= 0.6 is 23.2 Å². The molecule has 2 amide bonds. The summed E-state index contributed by atoms with van der Waals surface area (Å²) >= 11 is 12.1. The number of anilines is 1. The van der Waals surface area contributed by atoms with Crippen LogP contribution in [0.4, 0.5) is 5.69 Å². The van der Waals surface area contributed by atoms with Gasteiger partial charge in [-0.05, 0) is 55.7 Å². The number of hydrogen-bond acceptors (Lipinski definition) is 4. The van der Waals surface area contributed by atoms with E-state index in [4.69, 9.17) is 23.2 Å². The van der Waals surface area contributed by atoms with Crippen molar-refractivity contribution in [2.24, 2.45) is 0 Å². The number of rotatable bonds is 10. The third kappa shape index (κ3) is 7.35. The number of benzene rings is 2. The fourth-order valence-corrected chi connectivity index (χ4v) is 4.74. The van der Waals surface area contributed by atoms with Crippen LogP contribution in [0.2, 0.25) is 10.0 Å². The Labute approximate surface area is 205 Å². The predicted octanol–water partition coefficient (Wildman–Crippen LogP) is 4.01. The molecule has 0 saturated heterocycles. The lowest BCUT2D eigenvalue weighted by Crippen LogP contribution is -2.46. The molecule has 0 aliphatic carbocycles. The standard InChI is InChI=1S/C23H29Cl2N3O4S/c1-16-20(25)7-5-8-21(16)28(33(4,31)32)14-6-9-22(29)27(17(2)23(30)26-3)15-18-10-12-19(24)13-11-18/h5,7-8,10-13,17H,6,9,14-15H2,1-4H3,(H,26,30)/t17-/m0/s1. The minimum absolute atomic E-state index is 0.0700. The molecule has 0 unspecified atom stereocenters. The van der Waals surface area contributed by atoms with Gasteiger partial charge in [-0.25, -0.2) is 8.42 Å². The van der Waals surface area contributed by atoms with E-state index in [0.29, 0.717) is 21.3 Å². The van der Waals surface area contributed by atoms with Crippen LogP contribution in [0.1, 0.15) is 30.9 Å². The molecular formula is C23H29Cl2N3O4S. The molecule has 33 heavy (non-hydrogen) atoms. The number of sulfonamides is 1. The highest BCUT2D eigenvalue weighted by Gasteiger charge is 2.26. The van der Waals surface area contributed by atoms with Gasteiger partial charge in [-0.1, -0.05) is 41.4 Å². The summed E-state index contributed by atoms with van der Waals surface area (Å²) in [6.07, 6.45) is 1.46. The molecule has 0 fully saturated rings. The lowest BCUT2D eigenvalue weighted by Gasteiger charge is -2.29.